The van der Waals surface area contributed by atoms with E-state index in [1.165, 1.54) is 0 Å². The van der Waals surface area contributed by atoms with Crippen molar-refractivity contribution in [2.75, 3.05) is 0 Å². The van der Waals surface area contributed by atoms with Gasteiger partial charge in [-0.25, -0.2) is 4.98 Å². The van der Waals surface area contributed by atoms with Crippen LogP contribution >= 0.6 is 0 Å². The third-order valence-corrected chi connectivity index (χ3v) is 4.68. The summed E-state index contributed by atoms with van der Waals surface area (Å²) in [5, 5.41) is 3.03. The van der Waals surface area contributed by atoms with Crippen LogP contribution in [0, 0.1) is 0 Å². The zero-order chi connectivity index (χ0) is 20.1. The molecule has 0 aliphatic carbocycles. The van der Waals surface area contributed by atoms with Gasteiger partial charge in [0.05, 0.1) is 12.0 Å². The van der Waals surface area contributed by atoms with Crippen molar-refractivity contribution in [3.63, 3.8) is 0 Å². The maximum absolute atomic E-state index is 12.6. The Balaban J connectivity index is 1.33. The summed E-state index contributed by atoms with van der Waals surface area (Å²) in [4.78, 5) is 17.1. The van der Waals surface area contributed by atoms with Gasteiger partial charge in [0.2, 0.25) is 0 Å². The van der Waals surface area contributed by atoms with E-state index in [4.69, 9.17) is 9.15 Å². The highest BCUT2D eigenvalue weighted by atomic mass is 16.5. The summed E-state index contributed by atoms with van der Waals surface area (Å²) in [6, 6.07) is 16.9. The number of benzene rings is 1. The number of pyridine rings is 1. The van der Waals surface area contributed by atoms with Crippen LogP contribution in [0.2, 0.25) is 0 Å². The predicted molar refractivity (Wildman–Crippen MR) is 110 cm³/mol. The summed E-state index contributed by atoms with van der Waals surface area (Å²) in [5.74, 6) is 1.45. The fourth-order valence-corrected chi connectivity index (χ4v) is 3.13. The van der Waals surface area contributed by atoms with E-state index in [1.807, 2.05) is 66.2 Å². The highest BCUT2D eigenvalue weighted by molar-refractivity contribution is 5.94. The van der Waals surface area contributed by atoms with Crippen LogP contribution in [0.1, 0.15) is 35.2 Å². The first-order valence-corrected chi connectivity index (χ1v) is 9.66. The number of hydrogen-bond acceptors (Lipinski definition) is 4. The molecule has 0 spiro atoms. The molecule has 1 amide bonds. The predicted octanol–water partition coefficient (Wildman–Crippen LogP) is 4.26. The Bertz CT molecular complexity index is 1050. The van der Waals surface area contributed by atoms with Crippen molar-refractivity contribution in [3.05, 3.63) is 90.3 Å². The zero-order valence-corrected chi connectivity index (χ0v) is 16.2. The Labute approximate surface area is 169 Å². The number of furan rings is 1. The molecule has 29 heavy (non-hydrogen) atoms. The van der Waals surface area contributed by atoms with Gasteiger partial charge in [-0.2, -0.15) is 0 Å². The second-order valence-electron chi connectivity index (χ2n) is 7.01. The number of nitrogens with zero attached hydrogens (tertiary/aromatic N) is 2. The van der Waals surface area contributed by atoms with E-state index < -0.39 is 0 Å². The number of aryl methyl sites for hydroxylation is 1. The summed E-state index contributed by atoms with van der Waals surface area (Å²) >= 11 is 0. The average molecular weight is 389 g/mol. The monoisotopic (exact) mass is 389 g/mol. The standard InChI is InChI=1S/C23H23N3O3/c1-17(10-11-20-8-5-13-28-20)24-23(27)18-6-4-7-21(14-18)29-16-19-15-26-12-3-2-9-22(26)25-19/h2-9,12-15,17H,10-11,16H2,1H3,(H,24,27). The van der Waals surface area contributed by atoms with Crippen LogP contribution in [0.4, 0.5) is 0 Å². The van der Waals surface area contributed by atoms with Gasteiger partial charge in [-0.1, -0.05) is 12.1 Å². The Morgan fingerprint density at radius 2 is 2.14 bits per heavy atom. The second-order valence-corrected chi connectivity index (χ2v) is 7.01. The number of aromatic nitrogens is 2. The van der Waals surface area contributed by atoms with Crippen molar-refractivity contribution in [1.82, 2.24) is 14.7 Å². The number of imidazole rings is 1. The summed E-state index contributed by atoms with van der Waals surface area (Å²) in [6.45, 7) is 2.33. The minimum atomic E-state index is -0.116. The van der Waals surface area contributed by atoms with Crippen LogP contribution in [-0.2, 0) is 13.0 Å². The van der Waals surface area contributed by atoms with Crippen molar-refractivity contribution < 1.29 is 13.9 Å². The zero-order valence-electron chi connectivity index (χ0n) is 16.2. The molecule has 0 fully saturated rings. The molecule has 0 bridgehead atoms. The van der Waals surface area contributed by atoms with E-state index in [2.05, 4.69) is 10.3 Å². The number of rotatable bonds is 8. The number of fused-ring (bicyclic) bond motifs is 1. The Morgan fingerprint density at radius 1 is 1.21 bits per heavy atom. The topological polar surface area (TPSA) is 68.8 Å². The van der Waals surface area contributed by atoms with Crippen molar-refractivity contribution in [2.45, 2.75) is 32.4 Å². The molecular formula is C23H23N3O3. The fourth-order valence-electron chi connectivity index (χ4n) is 3.13. The second kappa shape index (κ2) is 8.65. The lowest BCUT2D eigenvalue weighted by Gasteiger charge is -2.14. The molecule has 1 unspecified atom stereocenters. The van der Waals surface area contributed by atoms with Crippen molar-refractivity contribution in [3.8, 4) is 5.75 Å². The molecule has 0 saturated heterocycles. The Hall–Kier alpha value is -3.54. The molecule has 4 rings (SSSR count). The van der Waals surface area contributed by atoms with Gasteiger partial charge < -0.3 is 18.9 Å². The third kappa shape index (κ3) is 4.85. The normalized spacial score (nSPS) is 12.0. The molecule has 1 aromatic carbocycles. The molecule has 1 atom stereocenters. The number of nitrogens with one attached hydrogen (secondary N) is 1. The number of carbonyl (C=O) groups is 1. The SMILES string of the molecule is CC(CCc1ccco1)NC(=O)c1cccc(OCc2cn3ccccc3n2)c1. The van der Waals surface area contributed by atoms with Gasteiger partial charge in [0.1, 0.15) is 23.8 Å². The van der Waals surface area contributed by atoms with Gasteiger partial charge in [0, 0.05) is 30.4 Å². The first-order valence-electron chi connectivity index (χ1n) is 9.66. The van der Waals surface area contributed by atoms with E-state index in [1.54, 1.807) is 18.4 Å². The van der Waals surface area contributed by atoms with Gasteiger partial charge in [-0.15, -0.1) is 0 Å². The van der Waals surface area contributed by atoms with Crippen molar-refractivity contribution >= 4 is 11.6 Å². The molecule has 3 heterocycles. The quantitative estimate of drug-likeness (QED) is 0.489. The number of amides is 1. The van der Waals surface area contributed by atoms with Crippen LogP contribution in [-0.4, -0.2) is 21.3 Å². The third-order valence-electron chi connectivity index (χ3n) is 4.68. The van der Waals surface area contributed by atoms with Gasteiger partial charge >= 0.3 is 0 Å². The smallest absolute Gasteiger partial charge is 0.251 e. The first kappa shape index (κ1) is 18.8. The molecule has 0 aliphatic heterocycles. The van der Waals surface area contributed by atoms with E-state index in [9.17, 15) is 4.79 Å². The van der Waals surface area contributed by atoms with E-state index in [-0.39, 0.29) is 11.9 Å². The highest BCUT2D eigenvalue weighted by Crippen LogP contribution is 2.16. The van der Waals surface area contributed by atoms with Gasteiger partial charge in [0.15, 0.2) is 0 Å². The lowest BCUT2D eigenvalue weighted by atomic mass is 10.1. The molecule has 6 heteroatoms. The number of carbonyl (C=O) groups excluding carboxylic acids is 1. The van der Waals surface area contributed by atoms with E-state index >= 15 is 0 Å². The Kier molecular flexibility index (Phi) is 5.61. The average Bonchev–Trinajstić information content (AvgIpc) is 3.40. The summed E-state index contributed by atoms with van der Waals surface area (Å²) in [7, 11) is 0. The lowest BCUT2D eigenvalue weighted by molar-refractivity contribution is 0.0937. The van der Waals surface area contributed by atoms with Crippen LogP contribution < -0.4 is 10.1 Å². The maximum Gasteiger partial charge on any atom is 0.251 e. The van der Waals surface area contributed by atoms with E-state index in [0.717, 1.165) is 29.9 Å². The summed E-state index contributed by atoms with van der Waals surface area (Å²) in [6.07, 6.45) is 7.15. The van der Waals surface area contributed by atoms with Crippen LogP contribution in [0.25, 0.3) is 5.65 Å². The molecule has 1 N–H and O–H groups in total. The fraction of sp³-hybridized carbons (Fsp3) is 0.217. The Morgan fingerprint density at radius 3 is 2.97 bits per heavy atom. The highest BCUT2D eigenvalue weighted by Gasteiger charge is 2.12. The number of ether oxygens (including phenoxy) is 1. The molecule has 4 aromatic rings. The molecule has 0 saturated carbocycles. The van der Waals surface area contributed by atoms with E-state index in [0.29, 0.717) is 17.9 Å². The maximum atomic E-state index is 12.6. The van der Waals surface area contributed by atoms with Crippen LogP contribution in [0.15, 0.2) is 77.7 Å². The molecule has 0 aliphatic rings. The first-order chi connectivity index (χ1) is 14.2. The van der Waals surface area contributed by atoms with Gasteiger partial charge in [-0.3, -0.25) is 4.79 Å². The summed E-state index contributed by atoms with van der Waals surface area (Å²) in [5.41, 5.74) is 2.28. The summed E-state index contributed by atoms with van der Waals surface area (Å²) < 4.78 is 13.1. The lowest BCUT2D eigenvalue weighted by Crippen LogP contribution is -2.32. The molecule has 148 valence electrons. The number of hydrogen-bond donors (Lipinski definition) is 1. The van der Waals surface area contributed by atoms with Crippen molar-refractivity contribution in [2.24, 2.45) is 0 Å². The minimum Gasteiger partial charge on any atom is -0.487 e. The van der Waals surface area contributed by atoms with Crippen LogP contribution in [0.5, 0.6) is 5.75 Å². The molecule has 3 aromatic heterocycles. The van der Waals surface area contributed by atoms with Gasteiger partial charge in [0.25, 0.3) is 5.91 Å². The molecule has 0 radical (unpaired) electrons. The minimum absolute atomic E-state index is 0.0372. The largest absolute Gasteiger partial charge is 0.487 e. The molecular weight excluding hydrogens is 366 g/mol. The van der Waals surface area contributed by atoms with Crippen LogP contribution in [0.3, 0.4) is 0 Å². The van der Waals surface area contributed by atoms with Crippen molar-refractivity contribution in [1.29, 1.82) is 0 Å². The molecule has 6 nitrogen and oxygen atoms in total. The van der Waals surface area contributed by atoms with Gasteiger partial charge in [-0.05, 0) is 55.8 Å².